The Morgan fingerprint density at radius 1 is 1.48 bits per heavy atom. The summed E-state index contributed by atoms with van der Waals surface area (Å²) >= 11 is 2.85. The normalized spacial score (nSPS) is 15.5. The highest BCUT2D eigenvalue weighted by Gasteiger charge is 2.26. The molecule has 1 heterocycles. The van der Waals surface area contributed by atoms with Gasteiger partial charge in [-0.1, -0.05) is 19.3 Å². The van der Waals surface area contributed by atoms with Gasteiger partial charge in [0.1, 0.15) is 16.5 Å². The number of rotatable bonds is 5. The third kappa shape index (κ3) is 3.72. The van der Waals surface area contributed by atoms with Crippen LogP contribution in [0.2, 0.25) is 0 Å². The predicted octanol–water partition coefficient (Wildman–Crippen LogP) is 4.26. The molecule has 1 N–H and O–H groups in total. The maximum atomic E-state index is 12.1. The molecule has 4 nitrogen and oxygen atoms in total. The number of carbonyl (C=O) groups is 1. The molecule has 0 radical (unpaired) electrons. The highest BCUT2D eigenvalue weighted by atomic mass is 32.2. The van der Waals surface area contributed by atoms with Gasteiger partial charge >= 0.3 is 5.97 Å². The molecule has 1 aliphatic carbocycles. The van der Waals surface area contributed by atoms with Crippen LogP contribution in [-0.2, 0) is 4.74 Å². The van der Waals surface area contributed by atoms with Crippen LogP contribution >= 0.6 is 23.1 Å². The number of esters is 1. The monoisotopic (exact) mass is 324 g/mol. The van der Waals surface area contributed by atoms with Gasteiger partial charge in [0, 0.05) is 6.04 Å². The number of hydrogen-bond donors (Lipinski definition) is 1. The van der Waals surface area contributed by atoms with E-state index in [9.17, 15) is 10.1 Å². The van der Waals surface area contributed by atoms with Gasteiger partial charge in [-0.25, -0.2) is 4.79 Å². The van der Waals surface area contributed by atoms with E-state index < -0.39 is 0 Å². The Kier molecular flexibility index (Phi) is 5.95. The summed E-state index contributed by atoms with van der Waals surface area (Å²) in [7, 11) is 0. The molecule has 0 saturated heterocycles. The molecule has 1 aromatic heterocycles. The molecule has 0 amide bonds. The lowest BCUT2D eigenvalue weighted by Crippen LogP contribution is -2.23. The first-order chi connectivity index (χ1) is 10.2. The van der Waals surface area contributed by atoms with Crippen LogP contribution < -0.4 is 5.32 Å². The maximum absolute atomic E-state index is 12.1. The lowest BCUT2D eigenvalue weighted by molar-refractivity contribution is 0.0533. The minimum absolute atomic E-state index is 0.336. The van der Waals surface area contributed by atoms with Crippen molar-refractivity contribution in [2.75, 3.05) is 18.2 Å². The number of nitriles is 1. The van der Waals surface area contributed by atoms with E-state index >= 15 is 0 Å². The third-order valence-electron chi connectivity index (χ3n) is 3.59. The van der Waals surface area contributed by atoms with E-state index in [1.807, 2.05) is 6.26 Å². The molecule has 0 bridgehead atoms. The molecular formula is C15H20N2O2S2. The van der Waals surface area contributed by atoms with Crippen molar-refractivity contribution in [1.82, 2.24) is 0 Å². The van der Waals surface area contributed by atoms with Crippen molar-refractivity contribution in [1.29, 1.82) is 5.26 Å². The van der Waals surface area contributed by atoms with Gasteiger partial charge in [0.2, 0.25) is 0 Å². The Balaban J connectivity index is 2.32. The number of ether oxygens (including phenoxy) is 1. The van der Waals surface area contributed by atoms with Crippen molar-refractivity contribution in [2.24, 2.45) is 0 Å². The predicted molar refractivity (Wildman–Crippen MR) is 87.3 cm³/mol. The van der Waals surface area contributed by atoms with Crippen molar-refractivity contribution in [2.45, 2.75) is 49.3 Å². The zero-order valence-electron chi connectivity index (χ0n) is 12.4. The molecule has 0 spiro atoms. The lowest BCUT2D eigenvalue weighted by Gasteiger charge is -2.24. The Morgan fingerprint density at radius 3 is 2.76 bits per heavy atom. The summed E-state index contributed by atoms with van der Waals surface area (Å²) in [6.07, 6.45) is 7.79. The Labute approximate surface area is 133 Å². The molecule has 0 aromatic carbocycles. The van der Waals surface area contributed by atoms with E-state index in [1.165, 1.54) is 42.4 Å². The Hall–Kier alpha value is -1.19. The molecule has 0 aliphatic heterocycles. The minimum Gasteiger partial charge on any atom is -0.462 e. The van der Waals surface area contributed by atoms with Gasteiger partial charge in [-0.2, -0.15) is 5.26 Å². The van der Waals surface area contributed by atoms with Crippen molar-refractivity contribution in [3.8, 4) is 6.07 Å². The smallest absolute Gasteiger partial charge is 0.350 e. The molecule has 21 heavy (non-hydrogen) atoms. The van der Waals surface area contributed by atoms with E-state index in [0.29, 0.717) is 28.8 Å². The second-order valence-electron chi connectivity index (χ2n) is 4.98. The molecule has 6 heteroatoms. The van der Waals surface area contributed by atoms with Gasteiger partial charge < -0.3 is 10.1 Å². The van der Waals surface area contributed by atoms with Gasteiger partial charge in [0.25, 0.3) is 0 Å². The summed E-state index contributed by atoms with van der Waals surface area (Å²) in [5.41, 5.74) is 1.26. The van der Waals surface area contributed by atoms with E-state index in [-0.39, 0.29) is 5.97 Å². The molecular weight excluding hydrogens is 304 g/mol. The van der Waals surface area contributed by atoms with Crippen molar-refractivity contribution in [3.63, 3.8) is 0 Å². The van der Waals surface area contributed by atoms with Crippen LogP contribution in [0.5, 0.6) is 0 Å². The van der Waals surface area contributed by atoms with Crippen LogP contribution in [-0.4, -0.2) is 24.9 Å². The summed E-state index contributed by atoms with van der Waals surface area (Å²) in [5.74, 6) is -0.336. The SMILES string of the molecule is CCOC(=O)c1sc(SC)c(C#N)c1NC1CCCCC1. The first kappa shape index (κ1) is 16.2. The fourth-order valence-corrected chi connectivity index (χ4v) is 4.36. The average Bonchev–Trinajstić information content (AvgIpc) is 2.86. The summed E-state index contributed by atoms with van der Waals surface area (Å²) in [4.78, 5) is 12.7. The second kappa shape index (κ2) is 7.71. The maximum Gasteiger partial charge on any atom is 0.350 e. The highest BCUT2D eigenvalue weighted by Crippen LogP contribution is 2.40. The van der Waals surface area contributed by atoms with Gasteiger partial charge in [0.15, 0.2) is 0 Å². The number of nitrogens with one attached hydrogen (secondary N) is 1. The summed E-state index contributed by atoms with van der Waals surface area (Å²) < 4.78 is 6.00. The number of carbonyl (C=O) groups excluding carboxylic acids is 1. The van der Waals surface area contributed by atoms with E-state index in [0.717, 1.165) is 17.1 Å². The molecule has 0 unspecified atom stereocenters. The fraction of sp³-hybridized carbons (Fsp3) is 0.600. The van der Waals surface area contributed by atoms with E-state index in [1.54, 1.807) is 6.92 Å². The molecule has 2 rings (SSSR count). The van der Waals surface area contributed by atoms with Crippen LogP contribution in [0.4, 0.5) is 5.69 Å². The zero-order chi connectivity index (χ0) is 15.2. The molecule has 1 fully saturated rings. The highest BCUT2D eigenvalue weighted by molar-refractivity contribution is 8.00. The van der Waals surface area contributed by atoms with Crippen LogP contribution in [0, 0.1) is 11.3 Å². The average molecular weight is 324 g/mol. The van der Waals surface area contributed by atoms with Crippen molar-refractivity contribution in [3.05, 3.63) is 10.4 Å². The second-order valence-corrected chi connectivity index (χ2v) is 7.08. The van der Waals surface area contributed by atoms with Gasteiger partial charge in [-0.05, 0) is 26.0 Å². The lowest BCUT2D eigenvalue weighted by atomic mass is 9.95. The van der Waals surface area contributed by atoms with Crippen LogP contribution in [0.25, 0.3) is 0 Å². The Bertz CT molecular complexity index is 543. The first-order valence-electron chi connectivity index (χ1n) is 7.25. The van der Waals surface area contributed by atoms with Crippen molar-refractivity contribution >= 4 is 34.8 Å². The number of thiophene rings is 1. The number of hydrogen-bond acceptors (Lipinski definition) is 6. The van der Waals surface area contributed by atoms with Gasteiger partial charge in [-0.15, -0.1) is 23.1 Å². The number of thioether (sulfide) groups is 1. The molecule has 1 aromatic rings. The summed E-state index contributed by atoms with van der Waals surface area (Å²) in [5, 5.41) is 12.9. The first-order valence-corrected chi connectivity index (χ1v) is 9.29. The van der Waals surface area contributed by atoms with Gasteiger partial charge in [0.05, 0.1) is 16.5 Å². The van der Waals surface area contributed by atoms with Gasteiger partial charge in [-0.3, -0.25) is 0 Å². The summed E-state index contributed by atoms with van der Waals surface area (Å²) in [6, 6.07) is 2.59. The molecule has 0 atom stereocenters. The van der Waals surface area contributed by atoms with E-state index in [2.05, 4.69) is 11.4 Å². The third-order valence-corrected chi connectivity index (χ3v) is 5.88. The fourth-order valence-electron chi connectivity index (χ4n) is 2.58. The molecule has 1 aliphatic rings. The molecule has 1 saturated carbocycles. The van der Waals surface area contributed by atoms with Crippen LogP contribution in [0.15, 0.2) is 4.21 Å². The molecule has 114 valence electrons. The topological polar surface area (TPSA) is 62.1 Å². The quantitative estimate of drug-likeness (QED) is 0.647. The standard InChI is InChI=1S/C15H20N2O2S2/c1-3-19-14(18)13-12(11(9-16)15(20-2)21-13)17-10-7-5-4-6-8-10/h10,17H,3-8H2,1-2H3. The zero-order valence-corrected chi connectivity index (χ0v) is 14.0. The van der Waals surface area contributed by atoms with Crippen LogP contribution in [0.3, 0.4) is 0 Å². The van der Waals surface area contributed by atoms with E-state index in [4.69, 9.17) is 4.74 Å². The number of nitrogens with zero attached hydrogens (tertiary/aromatic N) is 1. The number of anilines is 1. The van der Waals surface area contributed by atoms with Crippen LogP contribution in [0.1, 0.15) is 54.3 Å². The summed E-state index contributed by atoms with van der Waals surface area (Å²) in [6.45, 7) is 2.14. The Morgan fingerprint density at radius 2 is 2.19 bits per heavy atom. The minimum atomic E-state index is -0.336. The van der Waals surface area contributed by atoms with Crippen molar-refractivity contribution < 1.29 is 9.53 Å². The largest absolute Gasteiger partial charge is 0.462 e.